The molecule has 2 amide bonds. The van der Waals surface area contributed by atoms with Gasteiger partial charge in [-0.15, -0.1) is 0 Å². The zero-order valence-corrected chi connectivity index (χ0v) is 18.6. The maximum atomic E-state index is 13.4. The molecule has 2 heterocycles. The van der Waals surface area contributed by atoms with E-state index in [2.05, 4.69) is 12.2 Å². The van der Waals surface area contributed by atoms with Crippen molar-refractivity contribution < 1.29 is 22.4 Å². The predicted octanol–water partition coefficient (Wildman–Crippen LogP) is 3.13. The van der Waals surface area contributed by atoms with Crippen LogP contribution >= 0.6 is 0 Å². The summed E-state index contributed by atoms with van der Waals surface area (Å²) in [5, 5.41) is 3.58. The summed E-state index contributed by atoms with van der Waals surface area (Å²) in [6, 6.07) is 7.00. The molecule has 0 aliphatic carbocycles. The van der Waals surface area contributed by atoms with E-state index in [1.54, 1.807) is 29.2 Å². The Morgan fingerprint density at radius 1 is 1.23 bits per heavy atom. The quantitative estimate of drug-likeness (QED) is 0.676. The summed E-state index contributed by atoms with van der Waals surface area (Å²) in [5.74, 6) is -0.878. The molecule has 164 valence electrons. The van der Waals surface area contributed by atoms with Crippen molar-refractivity contribution >= 4 is 32.6 Å². The number of rotatable bonds is 7. The Hall–Kier alpha value is -2.35. The van der Waals surface area contributed by atoms with E-state index in [9.17, 15) is 18.0 Å². The fourth-order valence-corrected chi connectivity index (χ4v) is 4.76. The summed E-state index contributed by atoms with van der Waals surface area (Å²) in [6.07, 6.45) is 4.49. The fourth-order valence-electron chi connectivity index (χ4n) is 3.94. The van der Waals surface area contributed by atoms with Crippen LogP contribution in [-0.2, 0) is 20.4 Å². The number of fused-ring (bicyclic) bond motifs is 1. The minimum Gasteiger partial charge on any atom is -0.451 e. The molecule has 7 nitrogen and oxygen atoms in total. The van der Waals surface area contributed by atoms with Gasteiger partial charge in [-0.2, -0.15) is 0 Å². The number of furan rings is 1. The zero-order chi connectivity index (χ0) is 21.9. The van der Waals surface area contributed by atoms with Crippen LogP contribution in [0, 0.1) is 5.92 Å². The number of nitrogens with one attached hydrogen (secondary N) is 1. The molecule has 1 aliphatic heterocycles. The first-order valence-electron chi connectivity index (χ1n) is 10.5. The van der Waals surface area contributed by atoms with Crippen molar-refractivity contribution in [2.75, 3.05) is 19.3 Å². The summed E-state index contributed by atoms with van der Waals surface area (Å²) in [4.78, 5) is 27.6. The highest BCUT2D eigenvalue weighted by atomic mass is 32.2. The molecule has 1 saturated heterocycles. The van der Waals surface area contributed by atoms with Gasteiger partial charge in [0.2, 0.25) is 5.91 Å². The number of amides is 2. The minimum atomic E-state index is -3.37. The lowest BCUT2D eigenvalue weighted by atomic mass is 9.92. The molecule has 1 fully saturated rings. The second-order valence-corrected chi connectivity index (χ2v) is 10.3. The number of nitrogens with zero attached hydrogens (tertiary/aromatic N) is 1. The number of carbonyl (C=O) groups excluding carboxylic acids is 2. The standard InChI is InChI=1S/C22H30N2O5S/c1-4-5-12-23-21(25)16-11-10-15(2)24(13-16)22(26)20-18(14-30(3,27)28)17-8-6-7-9-19(17)29-20/h6-9,15-16H,4-5,10-14H2,1-3H3,(H,23,25). The molecule has 1 aliphatic rings. The van der Waals surface area contributed by atoms with Crippen molar-refractivity contribution in [2.45, 2.75) is 51.3 Å². The van der Waals surface area contributed by atoms with Gasteiger partial charge < -0.3 is 14.6 Å². The van der Waals surface area contributed by atoms with E-state index in [-0.39, 0.29) is 35.3 Å². The molecule has 2 atom stereocenters. The van der Waals surface area contributed by atoms with Crippen LogP contribution in [0.25, 0.3) is 11.0 Å². The number of sulfone groups is 1. The van der Waals surface area contributed by atoms with Gasteiger partial charge in [0.25, 0.3) is 5.91 Å². The number of piperidine rings is 1. The van der Waals surface area contributed by atoms with E-state index in [0.717, 1.165) is 25.5 Å². The van der Waals surface area contributed by atoms with Gasteiger partial charge in [-0.05, 0) is 32.3 Å². The molecular weight excluding hydrogens is 404 g/mol. The molecule has 0 saturated carbocycles. The molecule has 3 rings (SSSR count). The van der Waals surface area contributed by atoms with Crippen LogP contribution in [0.1, 0.15) is 55.6 Å². The van der Waals surface area contributed by atoms with E-state index in [1.165, 1.54) is 0 Å². The number of hydrogen-bond donors (Lipinski definition) is 1. The van der Waals surface area contributed by atoms with Gasteiger partial charge in [0.1, 0.15) is 5.58 Å². The van der Waals surface area contributed by atoms with E-state index < -0.39 is 9.84 Å². The normalized spacial score (nSPS) is 19.8. The first kappa shape index (κ1) is 22.3. The summed E-state index contributed by atoms with van der Waals surface area (Å²) >= 11 is 0. The Morgan fingerprint density at radius 2 is 1.97 bits per heavy atom. The molecular formula is C22H30N2O5S. The predicted molar refractivity (Wildman–Crippen MR) is 116 cm³/mol. The number of likely N-dealkylation sites (tertiary alicyclic amines) is 1. The maximum absolute atomic E-state index is 13.4. The molecule has 0 bridgehead atoms. The molecule has 1 N–H and O–H groups in total. The molecule has 2 unspecified atom stereocenters. The van der Waals surface area contributed by atoms with Crippen molar-refractivity contribution in [1.82, 2.24) is 10.2 Å². The van der Waals surface area contributed by atoms with Crippen LogP contribution in [-0.4, -0.2) is 50.5 Å². The van der Waals surface area contributed by atoms with E-state index in [4.69, 9.17) is 4.42 Å². The second-order valence-electron chi connectivity index (χ2n) is 8.20. The molecule has 8 heteroatoms. The van der Waals surface area contributed by atoms with Gasteiger partial charge in [0, 0.05) is 36.3 Å². The topological polar surface area (TPSA) is 96.7 Å². The van der Waals surface area contributed by atoms with Crippen molar-refractivity contribution in [3.8, 4) is 0 Å². The third kappa shape index (κ3) is 5.03. The lowest BCUT2D eigenvalue weighted by Crippen LogP contribution is -2.49. The summed E-state index contributed by atoms with van der Waals surface area (Å²) in [7, 11) is -3.37. The van der Waals surface area contributed by atoms with E-state index in [1.807, 2.05) is 6.92 Å². The van der Waals surface area contributed by atoms with Gasteiger partial charge in [-0.25, -0.2) is 8.42 Å². The smallest absolute Gasteiger partial charge is 0.290 e. The SMILES string of the molecule is CCCCNC(=O)C1CCC(C)N(C(=O)c2oc3ccccc3c2CS(C)(=O)=O)C1. The largest absolute Gasteiger partial charge is 0.451 e. The number of benzene rings is 1. The first-order valence-corrected chi connectivity index (χ1v) is 12.5. The second kappa shape index (κ2) is 9.20. The first-order chi connectivity index (χ1) is 14.2. The fraction of sp³-hybridized carbons (Fsp3) is 0.545. The van der Waals surface area contributed by atoms with Crippen LogP contribution in [0.4, 0.5) is 0 Å². The van der Waals surface area contributed by atoms with Crippen LogP contribution in [0.15, 0.2) is 28.7 Å². The Bertz CT molecular complexity index is 1030. The Labute approximate surface area is 177 Å². The summed E-state index contributed by atoms with van der Waals surface area (Å²) in [6.45, 7) is 4.95. The van der Waals surface area contributed by atoms with Crippen molar-refractivity contribution in [3.05, 3.63) is 35.6 Å². The lowest BCUT2D eigenvalue weighted by Gasteiger charge is -2.37. The highest BCUT2D eigenvalue weighted by molar-refractivity contribution is 7.89. The van der Waals surface area contributed by atoms with Gasteiger partial charge in [-0.1, -0.05) is 31.5 Å². The van der Waals surface area contributed by atoms with Crippen LogP contribution in [0.5, 0.6) is 0 Å². The molecule has 0 radical (unpaired) electrons. The zero-order valence-electron chi connectivity index (χ0n) is 17.8. The third-order valence-corrected chi connectivity index (χ3v) is 6.46. The van der Waals surface area contributed by atoms with Gasteiger partial charge in [0.15, 0.2) is 15.6 Å². The minimum absolute atomic E-state index is 0.0332. The average molecular weight is 435 g/mol. The summed E-state index contributed by atoms with van der Waals surface area (Å²) < 4.78 is 29.8. The van der Waals surface area contributed by atoms with Gasteiger partial charge >= 0.3 is 0 Å². The van der Waals surface area contributed by atoms with Crippen molar-refractivity contribution in [2.24, 2.45) is 5.92 Å². The summed E-state index contributed by atoms with van der Waals surface area (Å²) in [5.41, 5.74) is 0.873. The van der Waals surface area contributed by atoms with Gasteiger partial charge in [0.05, 0.1) is 11.7 Å². The van der Waals surface area contributed by atoms with Crippen LogP contribution in [0.2, 0.25) is 0 Å². The number of hydrogen-bond acceptors (Lipinski definition) is 5. The van der Waals surface area contributed by atoms with Gasteiger partial charge in [-0.3, -0.25) is 9.59 Å². The highest BCUT2D eigenvalue weighted by Crippen LogP contribution is 2.31. The average Bonchev–Trinajstić information content (AvgIpc) is 3.05. The Kier molecular flexibility index (Phi) is 6.85. The molecule has 1 aromatic heterocycles. The van der Waals surface area contributed by atoms with E-state index in [0.29, 0.717) is 36.0 Å². The monoisotopic (exact) mass is 434 g/mol. The van der Waals surface area contributed by atoms with Crippen LogP contribution in [0.3, 0.4) is 0 Å². The number of carbonyl (C=O) groups is 2. The Balaban J connectivity index is 1.88. The van der Waals surface area contributed by atoms with Crippen LogP contribution < -0.4 is 5.32 Å². The molecule has 1 aromatic carbocycles. The molecule has 0 spiro atoms. The third-order valence-electron chi connectivity index (χ3n) is 5.64. The molecule has 2 aromatic rings. The maximum Gasteiger partial charge on any atom is 0.290 e. The van der Waals surface area contributed by atoms with E-state index >= 15 is 0 Å². The van der Waals surface area contributed by atoms with Crippen molar-refractivity contribution in [1.29, 1.82) is 0 Å². The highest BCUT2D eigenvalue weighted by Gasteiger charge is 2.36. The molecule has 30 heavy (non-hydrogen) atoms. The number of para-hydroxylation sites is 1. The number of unbranched alkanes of at least 4 members (excludes halogenated alkanes) is 1. The van der Waals surface area contributed by atoms with Crippen molar-refractivity contribution in [3.63, 3.8) is 0 Å². The lowest BCUT2D eigenvalue weighted by molar-refractivity contribution is -0.126. The Morgan fingerprint density at radius 3 is 2.67 bits per heavy atom.